The number of H-pyrrole nitrogens is 1. The maximum absolute atomic E-state index is 10.6. The monoisotopic (exact) mass is 137 g/mol. The Morgan fingerprint density at radius 1 is 1.90 bits per heavy atom. The van der Waals surface area contributed by atoms with Crippen molar-refractivity contribution in [1.29, 1.82) is 5.26 Å². The second-order valence-electron chi connectivity index (χ2n) is 1.40. The summed E-state index contributed by atoms with van der Waals surface area (Å²) in [7, 11) is 0. The first kappa shape index (κ1) is 6.22. The molecule has 1 aromatic heterocycles. The highest BCUT2D eigenvalue weighted by molar-refractivity contribution is 5.91. The first-order chi connectivity index (χ1) is 4.84. The number of nitrogens with one attached hydrogen (secondary N) is 2. The Labute approximate surface area is 55.9 Å². The van der Waals surface area contributed by atoms with Gasteiger partial charge in [0.1, 0.15) is 6.33 Å². The summed E-state index contributed by atoms with van der Waals surface area (Å²) in [6.45, 7) is 0. The molecular formula is C4H3N5O. The van der Waals surface area contributed by atoms with Crippen LogP contribution in [-0.2, 0) is 0 Å². The van der Waals surface area contributed by atoms with E-state index in [1.54, 1.807) is 0 Å². The summed E-state index contributed by atoms with van der Waals surface area (Å²) in [5.74, 6) is -0.554. The topological polar surface area (TPSA) is 94.5 Å². The number of nitrogens with zero attached hydrogens (tertiary/aromatic N) is 3. The second kappa shape index (κ2) is 2.59. The minimum absolute atomic E-state index is 0.0292. The third-order valence-electron chi connectivity index (χ3n) is 0.800. The van der Waals surface area contributed by atoms with Crippen molar-refractivity contribution >= 4 is 5.91 Å². The number of carbonyl (C=O) groups excluding carboxylic acids is 1. The number of carbonyl (C=O) groups is 1. The van der Waals surface area contributed by atoms with Gasteiger partial charge in [0.05, 0.1) is 0 Å². The summed E-state index contributed by atoms with van der Waals surface area (Å²) in [5, 5.41) is 15.6. The zero-order chi connectivity index (χ0) is 7.40. The molecular weight excluding hydrogens is 134 g/mol. The van der Waals surface area contributed by atoms with E-state index in [0.29, 0.717) is 0 Å². The molecule has 0 atom stereocenters. The van der Waals surface area contributed by atoms with E-state index in [2.05, 4.69) is 15.2 Å². The first-order valence-electron chi connectivity index (χ1n) is 2.39. The van der Waals surface area contributed by atoms with E-state index < -0.39 is 5.91 Å². The molecule has 0 saturated heterocycles. The highest BCUT2D eigenvalue weighted by atomic mass is 16.2. The maximum Gasteiger partial charge on any atom is 0.301 e. The van der Waals surface area contributed by atoms with Crippen LogP contribution in [0.3, 0.4) is 0 Å². The summed E-state index contributed by atoms with van der Waals surface area (Å²) in [6.07, 6.45) is 2.66. The highest BCUT2D eigenvalue weighted by Gasteiger charge is 2.05. The highest BCUT2D eigenvalue weighted by Crippen LogP contribution is 1.82. The Morgan fingerprint density at radius 2 is 2.70 bits per heavy atom. The normalized spacial score (nSPS) is 8.30. The standard InChI is InChI=1S/C4H3N5O/c5-1-6-4(10)3-7-2-8-9-3/h2H,(H,6,10)(H,7,8,9). The van der Waals surface area contributed by atoms with Crippen molar-refractivity contribution in [2.24, 2.45) is 0 Å². The minimum Gasteiger partial charge on any atom is -0.265 e. The fourth-order valence-corrected chi connectivity index (χ4v) is 0.425. The van der Waals surface area contributed by atoms with Gasteiger partial charge in [-0.05, 0) is 0 Å². The number of hydrogen-bond donors (Lipinski definition) is 2. The number of aromatic amines is 1. The quantitative estimate of drug-likeness (QED) is 0.384. The van der Waals surface area contributed by atoms with Gasteiger partial charge in [-0.25, -0.2) is 4.98 Å². The Bertz CT molecular complexity index is 258. The van der Waals surface area contributed by atoms with E-state index >= 15 is 0 Å². The molecule has 0 bridgehead atoms. The van der Waals surface area contributed by atoms with Crippen molar-refractivity contribution in [3.63, 3.8) is 0 Å². The van der Waals surface area contributed by atoms with Crippen molar-refractivity contribution in [3.05, 3.63) is 12.2 Å². The van der Waals surface area contributed by atoms with E-state index in [1.807, 2.05) is 5.32 Å². The number of amides is 1. The molecule has 10 heavy (non-hydrogen) atoms. The predicted octanol–water partition coefficient (Wildman–Crippen LogP) is -0.984. The van der Waals surface area contributed by atoms with E-state index in [-0.39, 0.29) is 5.82 Å². The van der Waals surface area contributed by atoms with Gasteiger partial charge < -0.3 is 0 Å². The fraction of sp³-hybridized carbons (Fsp3) is 0. The van der Waals surface area contributed by atoms with Crippen LogP contribution in [0.2, 0.25) is 0 Å². The lowest BCUT2D eigenvalue weighted by molar-refractivity contribution is 0.0963. The molecule has 0 radical (unpaired) electrons. The Balaban J connectivity index is 2.71. The van der Waals surface area contributed by atoms with Gasteiger partial charge in [0.15, 0.2) is 6.19 Å². The van der Waals surface area contributed by atoms with E-state index in [0.717, 1.165) is 0 Å². The lowest BCUT2D eigenvalue weighted by Gasteiger charge is -1.86. The maximum atomic E-state index is 10.6. The Morgan fingerprint density at radius 3 is 3.20 bits per heavy atom. The second-order valence-corrected chi connectivity index (χ2v) is 1.40. The van der Waals surface area contributed by atoms with Crippen molar-refractivity contribution in [2.75, 3.05) is 0 Å². The first-order valence-corrected chi connectivity index (χ1v) is 2.39. The van der Waals surface area contributed by atoms with Crippen LogP contribution in [0, 0.1) is 11.5 Å². The molecule has 0 unspecified atom stereocenters. The molecule has 0 fully saturated rings. The number of aromatic nitrogens is 3. The zero-order valence-electron chi connectivity index (χ0n) is 4.83. The van der Waals surface area contributed by atoms with Crippen LogP contribution in [0.5, 0.6) is 0 Å². The van der Waals surface area contributed by atoms with Crippen molar-refractivity contribution in [1.82, 2.24) is 20.5 Å². The largest absolute Gasteiger partial charge is 0.301 e. The van der Waals surface area contributed by atoms with E-state index in [4.69, 9.17) is 5.26 Å². The van der Waals surface area contributed by atoms with Gasteiger partial charge in [0.25, 0.3) is 0 Å². The molecule has 0 aromatic carbocycles. The van der Waals surface area contributed by atoms with Gasteiger partial charge in [-0.1, -0.05) is 0 Å². The number of hydrogen-bond acceptors (Lipinski definition) is 4. The lowest BCUT2D eigenvalue weighted by atomic mass is 10.6. The molecule has 0 aliphatic carbocycles. The van der Waals surface area contributed by atoms with Crippen molar-refractivity contribution in [3.8, 4) is 6.19 Å². The molecule has 1 amide bonds. The molecule has 0 aliphatic rings. The molecule has 6 heteroatoms. The number of rotatable bonds is 1. The van der Waals surface area contributed by atoms with E-state index in [9.17, 15) is 4.79 Å². The van der Waals surface area contributed by atoms with Gasteiger partial charge >= 0.3 is 5.91 Å². The summed E-state index contributed by atoms with van der Waals surface area (Å²) < 4.78 is 0. The molecule has 0 saturated carbocycles. The predicted molar refractivity (Wildman–Crippen MR) is 29.5 cm³/mol. The van der Waals surface area contributed by atoms with Crippen molar-refractivity contribution < 1.29 is 4.79 Å². The summed E-state index contributed by atoms with van der Waals surface area (Å²) in [4.78, 5) is 14.1. The van der Waals surface area contributed by atoms with Gasteiger partial charge in [-0.15, -0.1) is 0 Å². The molecule has 0 spiro atoms. The smallest absolute Gasteiger partial charge is 0.265 e. The third-order valence-corrected chi connectivity index (χ3v) is 0.800. The van der Waals surface area contributed by atoms with Gasteiger partial charge in [0, 0.05) is 0 Å². The molecule has 6 nitrogen and oxygen atoms in total. The minimum atomic E-state index is -0.583. The summed E-state index contributed by atoms with van der Waals surface area (Å²) in [6, 6.07) is 0. The van der Waals surface area contributed by atoms with Crippen LogP contribution in [0.25, 0.3) is 0 Å². The zero-order valence-corrected chi connectivity index (χ0v) is 4.83. The SMILES string of the molecule is N#CNC(=O)c1ncn[nH]1. The van der Waals surface area contributed by atoms with Crippen LogP contribution in [0.4, 0.5) is 0 Å². The molecule has 2 N–H and O–H groups in total. The molecule has 1 aromatic rings. The van der Waals surface area contributed by atoms with Crippen LogP contribution in [0.15, 0.2) is 6.33 Å². The third kappa shape index (κ3) is 1.08. The van der Waals surface area contributed by atoms with Crippen molar-refractivity contribution in [2.45, 2.75) is 0 Å². The molecule has 1 rings (SSSR count). The molecule has 50 valence electrons. The van der Waals surface area contributed by atoms with Crippen LogP contribution in [-0.4, -0.2) is 21.1 Å². The Kier molecular flexibility index (Phi) is 1.61. The van der Waals surface area contributed by atoms with E-state index in [1.165, 1.54) is 12.5 Å². The van der Waals surface area contributed by atoms with Crippen LogP contribution >= 0.6 is 0 Å². The Hall–Kier alpha value is -1.90. The van der Waals surface area contributed by atoms with Gasteiger partial charge in [-0.3, -0.25) is 15.2 Å². The van der Waals surface area contributed by atoms with Crippen LogP contribution in [0.1, 0.15) is 10.6 Å². The molecule has 0 aliphatic heterocycles. The summed E-state index contributed by atoms with van der Waals surface area (Å²) >= 11 is 0. The van der Waals surface area contributed by atoms with Crippen LogP contribution < -0.4 is 5.32 Å². The average Bonchev–Trinajstić information content (AvgIpc) is 2.38. The summed E-state index contributed by atoms with van der Waals surface area (Å²) in [5.41, 5.74) is 0. The van der Waals surface area contributed by atoms with Gasteiger partial charge in [-0.2, -0.15) is 10.4 Å². The molecule has 1 heterocycles. The number of nitriles is 1. The lowest BCUT2D eigenvalue weighted by Crippen LogP contribution is -2.18. The van der Waals surface area contributed by atoms with Gasteiger partial charge in [0.2, 0.25) is 5.82 Å². The fourth-order valence-electron chi connectivity index (χ4n) is 0.425. The average molecular weight is 137 g/mol.